The number of benzene rings is 2. The molecule has 3 atom stereocenters. The van der Waals surface area contributed by atoms with Crippen LogP contribution in [-0.4, -0.2) is 41.4 Å². The SMILES string of the molecule is [N-]=[N+]=NC1COCC(N(Cc2ccccc2)Cc2ccccc2)C1O. The number of rotatable bonds is 6. The summed E-state index contributed by atoms with van der Waals surface area (Å²) in [4.78, 5) is 5.03. The summed E-state index contributed by atoms with van der Waals surface area (Å²) in [5.41, 5.74) is 11.0. The number of ether oxygens (including phenoxy) is 1. The summed E-state index contributed by atoms with van der Waals surface area (Å²) < 4.78 is 5.61. The maximum absolute atomic E-state index is 10.7. The minimum absolute atomic E-state index is 0.232. The molecule has 1 heterocycles. The molecule has 6 heteroatoms. The van der Waals surface area contributed by atoms with E-state index in [-0.39, 0.29) is 12.6 Å². The standard InChI is InChI=1S/C19H22N4O2/c20-22-21-17-13-25-14-18(19(17)24)23(11-15-7-3-1-4-8-15)12-16-9-5-2-6-10-16/h1-10,17-19,24H,11-14H2. The van der Waals surface area contributed by atoms with Crippen LogP contribution in [0.1, 0.15) is 11.1 Å². The van der Waals surface area contributed by atoms with E-state index in [2.05, 4.69) is 39.2 Å². The van der Waals surface area contributed by atoms with Crippen LogP contribution in [0.5, 0.6) is 0 Å². The molecule has 1 aliphatic rings. The van der Waals surface area contributed by atoms with Gasteiger partial charge in [0.05, 0.1) is 31.4 Å². The topological polar surface area (TPSA) is 81.5 Å². The normalized spacial score (nSPS) is 23.2. The molecule has 0 bridgehead atoms. The molecule has 1 fully saturated rings. The van der Waals surface area contributed by atoms with Crippen LogP contribution >= 0.6 is 0 Å². The smallest absolute Gasteiger partial charge is 0.0883 e. The van der Waals surface area contributed by atoms with Crippen LogP contribution in [0.2, 0.25) is 0 Å². The molecule has 25 heavy (non-hydrogen) atoms. The van der Waals surface area contributed by atoms with E-state index in [1.54, 1.807) is 0 Å². The van der Waals surface area contributed by atoms with Gasteiger partial charge < -0.3 is 9.84 Å². The van der Waals surface area contributed by atoms with Gasteiger partial charge in [-0.15, -0.1) is 0 Å². The van der Waals surface area contributed by atoms with Crippen molar-refractivity contribution in [3.05, 3.63) is 82.2 Å². The highest BCUT2D eigenvalue weighted by Crippen LogP contribution is 2.22. The summed E-state index contributed by atoms with van der Waals surface area (Å²) in [5, 5.41) is 14.4. The Morgan fingerprint density at radius 2 is 1.56 bits per heavy atom. The maximum Gasteiger partial charge on any atom is 0.0883 e. The Morgan fingerprint density at radius 1 is 1.00 bits per heavy atom. The van der Waals surface area contributed by atoms with Crippen molar-refractivity contribution >= 4 is 0 Å². The van der Waals surface area contributed by atoms with Crippen molar-refractivity contribution in [2.75, 3.05) is 13.2 Å². The Balaban J connectivity index is 1.83. The first-order valence-electron chi connectivity index (χ1n) is 8.40. The van der Waals surface area contributed by atoms with Crippen molar-refractivity contribution in [2.45, 2.75) is 31.3 Å². The Hall–Kier alpha value is -2.37. The minimum atomic E-state index is -0.753. The zero-order chi connectivity index (χ0) is 17.5. The molecule has 2 aromatic rings. The molecule has 0 radical (unpaired) electrons. The molecule has 0 amide bonds. The Bertz CT molecular complexity index is 662. The average molecular weight is 338 g/mol. The van der Waals surface area contributed by atoms with Crippen LogP contribution in [0.4, 0.5) is 0 Å². The molecular formula is C19H22N4O2. The molecular weight excluding hydrogens is 316 g/mol. The van der Waals surface area contributed by atoms with Gasteiger partial charge in [-0.2, -0.15) is 0 Å². The van der Waals surface area contributed by atoms with E-state index in [0.29, 0.717) is 19.7 Å². The van der Waals surface area contributed by atoms with Gasteiger partial charge in [-0.3, -0.25) is 4.90 Å². The number of hydrogen-bond donors (Lipinski definition) is 1. The zero-order valence-corrected chi connectivity index (χ0v) is 14.0. The zero-order valence-electron chi connectivity index (χ0n) is 14.0. The summed E-state index contributed by atoms with van der Waals surface area (Å²) in [6, 6.07) is 19.5. The number of aliphatic hydroxyl groups excluding tert-OH is 1. The molecule has 130 valence electrons. The van der Waals surface area contributed by atoms with E-state index in [4.69, 9.17) is 10.3 Å². The minimum Gasteiger partial charge on any atom is -0.391 e. The summed E-state index contributed by atoms with van der Waals surface area (Å²) in [7, 11) is 0. The highest BCUT2D eigenvalue weighted by atomic mass is 16.5. The highest BCUT2D eigenvalue weighted by Gasteiger charge is 2.36. The fourth-order valence-electron chi connectivity index (χ4n) is 3.18. The van der Waals surface area contributed by atoms with Gasteiger partial charge in [0.25, 0.3) is 0 Å². The Kier molecular flexibility index (Phi) is 6.04. The molecule has 0 spiro atoms. The molecule has 3 unspecified atom stereocenters. The third kappa shape index (κ3) is 4.59. The number of nitrogens with zero attached hydrogens (tertiary/aromatic N) is 4. The number of hydrogen-bond acceptors (Lipinski definition) is 4. The maximum atomic E-state index is 10.7. The van der Waals surface area contributed by atoms with Crippen LogP contribution < -0.4 is 0 Å². The highest BCUT2D eigenvalue weighted by molar-refractivity contribution is 5.17. The lowest BCUT2D eigenvalue weighted by molar-refractivity contribution is -0.0783. The molecule has 1 saturated heterocycles. The summed E-state index contributed by atoms with van der Waals surface area (Å²) in [6.07, 6.45) is -0.753. The van der Waals surface area contributed by atoms with Gasteiger partial charge in [0.2, 0.25) is 0 Å². The first-order valence-corrected chi connectivity index (χ1v) is 8.40. The van der Waals surface area contributed by atoms with Crippen molar-refractivity contribution < 1.29 is 9.84 Å². The lowest BCUT2D eigenvalue weighted by Crippen LogP contribution is -2.54. The molecule has 6 nitrogen and oxygen atoms in total. The van der Waals surface area contributed by atoms with Crippen LogP contribution in [-0.2, 0) is 17.8 Å². The Morgan fingerprint density at radius 3 is 2.08 bits per heavy atom. The average Bonchev–Trinajstić information content (AvgIpc) is 2.65. The number of aliphatic hydroxyl groups is 1. The second kappa shape index (κ2) is 8.65. The largest absolute Gasteiger partial charge is 0.391 e. The molecule has 1 aliphatic heterocycles. The van der Waals surface area contributed by atoms with E-state index in [0.717, 1.165) is 11.1 Å². The second-order valence-corrected chi connectivity index (χ2v) is 6.24. The molecule has 0 aliphatic carbocycles. The fraction of sp³-hybridized carbons (Fsp3) is 0.368. The molecule has 0 saturated carbocycles. The molecule has 0 aromatic heterocycles. The van der Waals surface area contributed by atoms with Crippen LogP contribution in [0.15, 0.2) is 65.8 Å². The first-order chi connectivity index (χ1) is 12.3. The van der Waals surface area contributed by atoms with Crippen LogP contribution in [0.25, 0.3) is 10.4 Å². The van der Waals surface area contributed by atoms with Crippen molar-refractivity contribution in [1.82, 2.24) is 4.90 Å². The molecule has 3 rings (SSSR count). The third-order valence-electron chi connectivity index (χ3n) is 4.49. The van der Waals surface area contributed by atoms with E-state index in [1.807, 2.05) is 36.4 Å². The predicted octanol–water partition coefficient (Wildman–Crippen LogP) is 3.13. The van der Waals surface area contributed by atoms with E-state index < -0.39 is 12.1 Å². The summed E-state index contributed by atoms with van der Waals surface area (Å²) in [6.45, 7) is 2.04. The molecule has 2 aromatic carbocycles. The van der Waals surface area contributed by atoms with Crippen molar-refractivity contribution in [1.29, 1.82) is 0 Å². The quantitative estimate of drug-likeness (QED) is 0.499. The second-order valence-electron chi connectivity index (χ2n) is 6.24. The third-order valence-corrected chi connectivity index (χ3v) is 4.49. The van der Waals surface area contributed by atoms with Gasteiger partial charge in [0, 0.05) is 18.0 Å². The Labute approximate surface area is 147 Å². The lowest BCUT2D eigenvalue weighted by Gasteiger charge is -2.40. The summed E-state index contributed by atoms with van der Waals surface area (Å²) in [5.74, 6) is 0. The van der Waals surface area contributed by atoms with Gasteiger partial charge in [0.1, 0.15) is 0 Å². The van der Waals surface area contributed by atoms with Crippen molar-refractivity contribution in [3.63, 3.8) is 0 Å². The number of azide groups is 1. The molecule has 1 N–H and O–H groups in total. The van der Waals surface area contributed by atoms with Crippen molar-refractivity contribution in [2.24, 2.45) is 5.11 Å². The van der Waals surface area contributed by atoms with Gasteiger partial charge in [-0.25, -0.2) is 0 Å². The van der Waals surface area contributed by atoms with Crippen LogP contribution in [0, 0.1) is 0 Å². The van der Waals surface area contributed by atoms with Gasteiger partial charge in [-0.05, 0) is 16.7 Å². The monoisotopic (exact) mass is 338 g/mol. The lowest BCUT2D eigenvalue weighted by atomic mass is 9.99. The van der Waals surface area contributed by atoms with E-state index in [1.165, 1.54) is 0 Å². The van der Waals surface area contributed by atoms with Gasteiger partial charge >= 0.3 is 0 Å². The van der Waals surface area contributed by atoms with E-state index in [9.17, 15) is 5.11 Å². The first kappa shape index (κ1) is 17.5. The van der Waals surface area contributed by atoms with Crippen LogP contribution in [0.3, 0.4) is 0 Å². The van der Waals surface area contributed by atoms with E-state index >= 15 is 0 Å². The van der Waals surface area contributed by atoms with Crippen molar-refractivity contribution in [3.8, 4) is 0 Å². The predicted molar refractivity (Wildman–Crippen MR) is 95.7 cm³/mol. The van der Waals surface area contributed by atoms with Gasteiger partial charge in [0.15, 0.2) is 0 Å². The van der Waals surface area contributed by atoms with Gasteiger partial charge in [-0.1, -0.05) is 65.8 Å². The summed E-state index contributed by atoms with van der Waals surface area (Å²) >= 11 is 0. The fourth-order valence-corrected chi connectivity index (χ4v) is 3.18.